The van der Waals surface area contributed by atoms with Crippen molar-refractivity contribution >= 4 is 27.9 Å². The lowest BCUT2D eigenvalue weighted by molar-refractivity contribution is 0.0976. The summed E-state index contributed by atoms with van der Waals surface area (Å²) in [5.41, 5.74) is 3.69. The number of fused-ring (bicyclic) bond motifs is 2. The lowest BCUT2D eigenvalue weighted by atomic mass is 10.0. The van der Waals surface area contributed by atoms with Crippen LogP contribution in [0.5, 0.6) is 0 Å². The maximum absolute atomic E-state index is 12.0. The Labute approximate surface area is 128 Å². The predicted octanol–water partition coefficient (Wildman–Crippen LogP) is 4.14. The largest absolute Gasteiger partial charge is 0.318 e. The van der Waals surface area contributed by atoms with Crippen LogP contribution in [-0.2, 0) is 12.8 Å². The highest BCUT2D eigenvalue weighted by atomic mass is 32.1. The van der Waals surface area contributed by atoms with Crippen LogP contribution in [0.1, 0.15) is 46.6 Å². The highest BCUT2D eigenvalue weighted by Crippen LogP contribution is 2.38. The molecule has 4 heteroatoms. The van der Waals surface area contributed by atoms with Crippen molar-refractivity contribution in [3.63, 3.8) is 0 Å². The van der Waals surface area contributed by atoms with E-state index < -0.39 is 0 Å². The standard InChI is InChI=1S/C17H18N2OS/c20-15-10-5-8-13-16(15)21-17(18-13)19-11-4-3-7-12-6-1-2-9-14(12)19/h1-2,6,9H,3-5,7-8,10-11H2. The number of anilines is 2. The number of benzene rings is 1. The van der Waals surface area contributed by atoms with Crippen LogP contribution < -0.4 is 4.90 Å². The number of aromatic nitrogens is 1. The number of aryl methyl sites for hydroxylation is 2. The topological polar surface area (TPSA) is 33.2 Å². The minimum Gasteiger partial charge on any atom is -0.318 e. The summed E-state index contributed by atoms with van der Waals surface area (Å²) < 4.78 is 0. The second-order valence-electron chi connectivity index (χ2n) is 5.79. The van der Waals surface area contributed by atoms with E-state index in [9.17, 15) is 4.79 Å². The molecule has 0 amide bonds. The van der Waals surface area contributed by atoms with Gasteiger partial charge in [-0.3, -0.25) is 4.79 Å². The summed E-state index contributed by atoms with van der Waals surface area (Å²) in [6.45, 7) is 0.998. The van der Waals surface area contributed by atoms with Crippen molar-refractivity contribution in [2.45, 2.75) is 38.5 Å². The summed E-state index contributed by atoms with van der Waals surface area (Å²) in [4.78, 5) is 20.1. The quantitative estimate of drug-likeness (QED) is 0.793. The van der Waals surface area contributed by atoms with Crippen molar-refractivity contribution in [2.24, 2.45) is 0 Å². The van der Waals surface area contributed by atoms with E-state index in [-0.39, 0.29) is 5.78 Å². The number of ketones is 1. The zero-order valence-electron chi connectivity index (χ0n) is 12.0. The Morgan fingerprint density at radius 1 is 1.05 bits per heavy atom. The summed E-state index contributed by atoms with van der Waals surface area (Å²) in [5, 5.41) is 1.00. The highest BCUT2D eigenvalue weighted by Gasteiger charge is 2.26. The predicted molar refractivity (Wildman–Crippen MR) is 85.8 cm³/mol. The Bertz CT molecular complexity index is 692. The van der Waals surface area contributed by atoms with E-state index >= 15 is 0 Å². The van der Waals surface area contributed by atoms with Gasteiger partial charge in [-0.15, -0.1) is 0 Å². The Morgan fingerprint density at radius 2 is 1.95 bits per heavy atom. The van der Waals surface area contributed by atoms with Crippen molar-refractivity contribution in [1.82, 2.24) is 4.98 Å². The fraction of sp³-hybridized carbons (Fsp3) is 0.412. The molecule has 0 spiro atoms. The number of nitrogens with zero attached hydrogens (tertiary/aromatic N) is 2. The number of para-hydroxylation sites is 1. The minimum atomic E-state index is 0.281. The average Bonchev–Trinajstić information content (AvgIpc) is 2.82. The minimum absolute atomic E-state index is 0.281. The number of Topliss-reactive ketones (excluding diaryl/α,β-unsaturated/α-hetero) is 1. The molecule has 0 N–H and O–H groups in total. The van der Waals surface area contributed by atoms with E-state index in [0.29, 0.717) is 6.42 Å². The van der Waals surface area contributed by atoms with E-state index in [1.54, 1.807) is 11.3 Å². The number of hydrogen-bond donors (Lipinski definition) is 0. The van der Waals surface area contributed by atoms with Gasteiger partial charge in [0, 0.05) is 18.7 Å². The zero-order chi connectivity index (χ0) is 14.2. The lowest BCUT2D eigenvalue weighted by Crippen LogP contribution is -2.17. The van der Waals surface area contributed by atoms with Gasteiger partial charge in [-0.25, -0.2) is 4.98 Å². The van der Waals surface area contributed by atoms with E-state index in [0.717, 1.165) is 41.5 Å². The van der Waals surface area contributed by atoms with E-state index in [1.807, 2.05) is 0 Å². The molecule has 0 atom stereocenters. The van der Waals surface area contributed by atoms with E-state index in [4.69, 9.17) is 4.98 Å². The molecule has 1 aliphatic heterocycles. The first-order valence-electron chi connectivity index (χ1n) is 7.71. The van der Waals surface area contributed by atoms with Crippen LogP contribution in [0.2, 0.25) is 0 Å². The van der Waals surface area contributed by atoms with Crippen molar-refractivity contribution in [3.05, 3.63) is 40.4 Å². The number of thiazole rings is 1. The van der Waals surface area contributed by atoms with E-state index in [1.165, 1.54) is 24.1 Å². The average molecular weight is 298 g/mol. The number of rotatable bonds is 1. The SMILES string of the molecule is O=C1CCCc2nc(N3CCCCc4ccccc43)sc21. The summed E-state index contributed by atoms with van der Waals surface area (Å²) in [7, 11) is 0. The second kappa shape index (κ2) is 5.26. The summed E-state index contributed by atoms with van der Waals surface area (Å²) in [6, 6.07) is 8.60. The maximum atomic E-state index is 12.0. The third-order valence-corrected chi connectivity index (χ3v) is 5.51. The molecule has 0 radical (unpaired) electrons. The van der Waals surface area contributed by atoms with Crippen molar-refractivity contribution in [3.8, 4) is 0 Å². The maximum Gasteiger partial charge on any atom is 0.190 e. The fourth-order valence-electron chi connectivity index (χ4n) is 3.26. The molecule has 1 aromatic carbocycles. The van der Waals surface area contributed by atoms with Gasteiger partial charge in [-0.2, -0.15) is 0 Å². The lowest BCUT2D eigenvalue weighted by Gasteiger charge is -2.21. The molecule has 2 aliphatic rings. The molecule has 3 nitrogen and oxygen atoms in total. The first-order chi connectivity index (χ1) is 10.3. The molecule has 0 saturated heterocycles. The third-order valence-electron chi connectivity index (χ3n) is 4.35. The number of carbonyl (C=O) groups is 1. The van der Waals surface area contributed by atoms with E-state index in [2.05, 4.69) is 29.2 Å². The van der Waals surface area contributed by atoms with Gasteiger partial charge in [0.05, 0.1) is 10.6 Å². The monoisotopic (exact) mass is 298 g/mol. The Kier molecular flexibility index (Phi) is 3.26. The second-order valence-corrected chi connectivity index (χ2v) is 6.76. The molecule has 21 heavy (non-hydrogen) atoms. The van der Waals surface area contributed by atoms with Crippen LogP contribution in [-0.4, -0.2) is 17.3 Å². The molecule has 0 saturated carbocycles. The molecule has 0 bridgehead atoms. The molecular formula is C17H18N2OS. The molecule has 2 aromatic rings. The van der Waals surface area contributed by atoms with Gasteiger partial charge in [0.15, 0.2) is 10.9 Å². The van der Waals surface area contributed by atoms with Gasteiger partial charge in [-0.05, 0) is 43.7 Å². The van der Waals surface area contributed by atoms with Crippen molar-refractivity contribution in [1.29, 1.82) is 0 Å². The number of carbonyl (C=O) groups excluding carboxylic acids is 1. The summed E-state index contributed by atoms with van der Waals surface area (Å²) in [5.74, 6) is 0.281. The summed E-state index contributed by atoms with van der Waals surface area (Å²) in [6.07, 6.45) is 6.12. The van der Waals surface area contributed by atoms with Gasteiger partial charge in [0.1, 0.15) is 0 Å². The van der Waals surface area contributed by atoms with Gasteiger partial charge in [-0.1, -0.05) is 29.5 Å². The van der Waals surface area contributed by atoms with Crippen LogP contribution in [0, 0.1) is 0 Å². The van der Waals surface area contributed by atoms with Crippen molar-refractivity contribution in [2.75, 3.05) is 11.4 Å². The van der Waals surface area contributed by atoms with Gasteiger partial charge >= 0.3 is 0 Å². The van der Waals surface area contributed by atoms with Crippen LogP contribution >= 0.6 is 11.3 Å². The molecule has 1 aromatic heterocycles. The Morgan fingerprint density at radius 3 is 2.86 bits per heavy atom. The van der Waals surface area contributed by atoms with Crippen LogP contribution in [0.4, 0.5) is 10.8 Å². The van der Waals surface area contributed by atoms with Crippen LogP contribution in [0.25, 0.3) is 0 Å². The molecule has 2 heterocycles. The zero-order valence-corrected chi connectivity index (χ0v) is 12.8. The highest BCUT2D eigenvalue weighted by molar-refractivity contribution is 7.17. The molecule has 0 fully saturated rings. The first-order valence-corrected chi connectivity index (χ1v) is 8.53. The first kappa shape index (κ1) is 13.0. The number of hydrogen-bond acceptors (Lipinski definition) is 4. The Balaban J connectivity index is 1.78. The fourth-order valence-corrected chi connectivity index (χ4v) is 4.38. The Hall–Kier alpha value is -1.68. The molecule has 1 aliphatic carbocycles. The third kappa shape index (κ3) is 2.27. The molecule has 4 rings (SSSR count). The van der Waals surface area contributed by atoms with Gasteiger partial charge in [0.2, 0.25) is 0 Å². The smallest absolute Gasteiger partial charge is 0.190 e. The summed E-state index contributed by atoms with van der Waals surface area (Å²) >= 11 is 1.59. The molecule has 0 unspecified atom stereocenters. The van der Waals surface area contributed by atoms with Gasteiger partial charge < -0.3 is 4.90 Å². The van der Waals surface area contributed by atoms with Crippen LogP contribution in [0.15, 0.2) is 24.3 Å². The van der Waals surface area contributed by atoms with Crippen molar-refractivity contribution < 1.29 is 4.79 Å². The molecular weight excluding hydrogens is 280 g/mol. The molecule has 108 valence electrons. The van der Waals surface area contributed by atoms with Gasteiger partial charge in [0.25, 0.3) is 0 Å². The van der Waals surface area contributed by atoms with Crippen LogP contribution in [0.3, 0.4) is 0 Å². The normalized spacial score (nSPS) is 18.1.